The topological polar surface area (TPSA) is 55.1 Å². The van der Waals surface area contributed by atoms with Crippen LogP contribution in [0.5, 0.6) is 0 Å². The highest BCUT2D eigenvalue weighted by Gasteiger charge is 2.16. The number of halogens is 3. The summed E-state index contributed by atoms with van der Waals surface area (Å²) >= 11 is 9.01. The predicted molar refractivity (Wildman–Crippen MR) is 75.2 cm³/mol. The summed E-state index contributed by atoms with van der Waals surface area (Å²) in [6, 6.07) is 1.79. The first-order valence-corrected chi connectivity index (χ1v) is 6.83. The SMILES string of the molecule is CCCCC(N)C(=O)Nc1c(Cl)cc(F)cc1Br. The summed E-state index contributed by atoms with van der Waals surface area (Å²) in [6.07, 6.45) is 2.47. The molecule has 1 atom stereocenters. The summed E-state index contributed by atoms with van der Waals surface area (Å²) in [5, 5.41) is 2.74. The first-order valence-electron chi connectivity index (χ1n) is 5.66. The third-order valence-corrected chi connectivity index (χ3v) is 3.38. The second-order valence-corrected chi connectivity index (χ2v) is 5.24. The highest BCUT2D eigenvalue weighted by molar-refractivity contribution is 9.10. The molecule has 0 bridgehead atoms. The van der Waals surface area contributed by atoms with Crippen molar-refractivity contribution in [2.45, 2.75) is 32.2 Å². The van der Waals surface area contributed by atoms with E-state index in [1.165, 1.54) is 6.07 Å². The van der Waals surface area contributed by atoms with Crippen molar-refractivity contribution in [3.63, 3.8) is 0 Å². The van der Waals surface area contributed by atoms with Crippen LogP contribution in [-0.2, 0) is 4.79 Å². The number of hydrogen-bond acceptors (Lipinski definition) is 2. The summed E-state index contributed by atoms with van der Waals surface area (Å²) in [7, 11) is 0. The number of anilines is 1. The molecule has 0 aliphatic rings. The minimum Gasteiger partial charge on any atom is -0.322 e. The Labute approximate surface area is 119 Å². The van der Waals surface area contributed by atoms with Crippen molar-refractivity contribution in [3.8, 4) is 0 Å². The van der Waals surface area contributed by atoms with Crippen molar-refractivity contribution >= 4 is 39.1 Å². The van der Waals surface area contributed by atoms with Crippen molar-refractivity contribution in [3.05, 3.63) is 27.4 Å². The number of amides is 1. The van der Waals surface area contributed by atoms with Crippen LogP contribution < -0.4 is 11.1 Å². The molecule has 100 valence electrons. The van der Waals surface area contributed by atoms with Gasteiger partial charge in [-0.25, -0.2) is 4.39 Å². The van der Waals surface area contributed by atoms with E-state index in [9.17, 15) is 9.18 Å². The fraction of sp³-hybridized carbons (Fsp3) is 0.417. The number of rotatable bonds is 5. The van der Waals surface area contributed by atoms with Crippen LogP contribution in [0.1, 0.15) is 26.2 Å². The lowest BCUT2D eigenvalue weighted by atomic mass is 10.1. The van der Waals surface area contributed by atoms with E-state index in [1.54, 1.807) is 0 Å². The standard InChI is InChI=1S/C12H15BrClFN2O/c1-2-3-4-10(16)12(18)17-11-8(13)5-7(15)6-9(11)14/h5-6,10H,2-4,16H2,1H3,(H,17,18). The van der Waals surface area contributed by atoms with Gasteiger partial charge < -0.3 is 11.1 Å². The molecular weight excluding hydrogens is 322 g/mol. The fourth-order valence-corrected chi connectivity index (χ4v) is 2.33. The van der Waals surface area contributed by atoms with Gasteiger partial charge in [0.05, 0.1) is 16.8 Å². The minimum atomic E-state index is -0.585. The molecule has 1 unspecified atom stereocenters. The maximum absolute atomic E-state index is 13.0. The summed E-state index contributed by atoms with van der Waals surface area (Å²) in [4.78, 5) is 11.8. The van der Waals surface area contributed by atoms with Gasteiger partial charge in [0.25, 0.3) is 0 Å². The highest BCUT2D eigenvalue weighted by atomic mass is 79.9. The van der Waals surface area contributed by atoms with E-state index in [0.29, 0.717) is 16.6 Å². The molecule has 1 rings (SSSR count). The summed E-state index contributed by atoms with van der Waals surface area (Å²) in [5.74, 6) is -0.794. The molecular formula is C12H15BrClFN2O. The first kappa shape index (κ1) is 15.4. The Morgan fingerprint density at radius 2 is 2.28 bits per heavy atom. The monoisotopic (exact) mass is 336 g/mol. The van der Waals surface area contributed by atoms with Crippen molar-refractivity contribution in [2.75, 3.05) is 5.32 Å². The van der Waals surface area contributed by atoms with E-state index in [0.717, 1.165) is 18.9 Å². The van der Waals surface area contributed by atoms with E-state index in [2.05, 4.69) is 21.2 Å². The Morgan fingerprint density at radius 1 is 1.61 bits per heavy atom. The number of carbonyl (C=O) groups is 1. The molecule has 18 heavy (non-hydrogen) atoms. The lowest BCUT2D eigenvalue weighted by Gasteiger charge is -2.14. The van der Waals surface area contributed by atoms with Gasteiger partial charge in [0.15, 0.2) is 0 Å². The number of hydrogen-bond donors (Lipinski definition) is 2. The van der Waals surface area contributed by atoms with Crippen molar-refractivity contribution < 1.29 is 9.18 Å². The minimum absolute atomic E-state index is 0.137. The van der Waals surface area contributed by atoms with E-state index in [4.69, 9.17) is 17.3 Å². The zero-order valence-electron chi connectivity index (χ0n) is 9.97. The maximum atomic E-state index is 13.0. The summed E-state index contributed by atoms with van der Waals surface area (Å²) in [5.41, 5.74) is 6.08. The van der Waals surface area contributed by atoms with Crippen LogP contribution in [0.3, 0.4) is 0 Å². The van der Waals surface area contributed by atoms with Crippen LogP contribution >= 0.6 is 27.5 Å². The molecule has 0 heterocycles. The molecule has 0 aromatic heterocycles. The van der Waals surface area contributed by atoms with Gasteiger partial charge >= 0.3 is 0 Å². The van der Waals surface area contributed by atoms with Gasteiger partial charge in [-0.15, -0.1) is 0 Å². The summed E-state index contributed by atoms with van der Waals surface area (Å²) < 4.78 is 13.4. The number of benzene rings is 1. The van der Waals surface area contributed by atoms with Gasteiger partial charge in [0.2, 0.25) is 5.91 Å². The third-order valence-electron chi connectivity index (χ3n) is 2.46. The number of nitrogens with two attached hydrogens (primary N) is 1. The Bertz CT molecular complexity index is 419. The lowest BCUT2D eigenvalue weighted by Crippen LogP contribution is -2.35. The Hall–Kier alpha value is -0.650. The Morgan fingerprint density at radius 3 is 2.83 bits per heavy atom. The van der Waals surface area contributed by atoms with E-state index < -0.39 is 11.9 Å². The van der Waals surface area contributed by atoms with E-state index >= 15 is 0 Å². The zero-order chi connectivity index (χ0) is 13.7. The maximum Gasteiger partial charge on any atom is 0.241 e. The van der Waals surface area contributed by atoms with Crippen LogP contribution in [0.25, 0.3) is 0 Å². The van der Waals surface area contributed by atoms with Gasteiger partial charge in [-0.05, 0) is 34.5 Å². The molecule has 0 aliphatic heterocycles. The van der Waals surface area contributed by atoms with Crippen LogP contribution in [0.15, 0.2) is 16.6 Å². The molecule has 1 aromatic rings. The van der Waals surface area contributed by atoms with Crippen molar-refractivity contribution in [1.29, 1.82) is 0 Å². The van der Waals surface area contributed by atoms with Crippen LogP contribution in [0.2, 0.25) is 5.02 Å². The molecule has 0 saturated heterocycles. The fourth-order valence-electron chi connectivity index (χ4n) is 1.43. The molecule has 1 aromatic carbocycles. The average molecular weight is 338 g/mol. The first-order chi connectivity index (χ1) is 8.45. The van der Waals surface area contributed by atoms with Gasteiger partial charge in [-0.2, -0.15) is 0 Å². The van der Waals surface area contributed by atoms with E-state index in [-0.39, 0.29) is 10.9 Å². The smallest absolute Gasteiger partial charge is 0.241 e. The van der Waals surface area contributed by atoms with Gasteiger partial charge in [-0.3, -0.25) is 4.79 Å². The molecule has 0 spiro atoms. The highest BCUT2D eigenvalue weighted by Crippen LogP contribution is 2.31. The molecule has 3 nitrogen and oxygen atoms in total. The Balaban J connectivity index is 2.76. The second-order valence-electron chi connectivity index (χ2n) is 3.98. The van der Waals surface area contributed by atoms with Gasteiger partial charge in [-0.1, -0.05) is 31.4 Å². The number of nitrogens with one attached hydrogen (secondary N) is 1. The molecule has 6 heteroatoms. The van der Waals surface area contributed by atoms with Crippen LogP contribution in [-0.4, -0.2) is 11.9 Å². The number of carbonyl (C=O) groups excluding carboxylic acids is 1. The molecule has 3 N–H and O–H groups in total. The normalized spacial score (nSPS) is 12.3. The van der Waals surface area contributed by atoms with E-state index in [1.807, 2.05) is 6.92 Å². The predicted octanol–water partition coefficient (Wildman–Crippen LogP) is 3.70. The van der Waals surface area contributed by atoms with Crippen LogP contribution in [0, 0.1) is 5.82 Å². The van der Waals surface area contributed by atoms with Crippen molar-refractivity contribution in [1.82, 2.24) is 0 Å². The van der Waals surface area contributed by atoms with Crippen molar-refractivity contribution in [2.24, 2.45) is 5.73 Å². The molecule has 0 fully saturated rings. The quantitative estimate of drug-likeness (QED) is 0.861. The second kappa shape index (κ2) is 7.07. The summed E-state index contributed by atoms with van der Waals surface area (Å²) in [6.45, 7) is 2.03. The van der Waals surface area contributed by atoms with Gasteiger partial charge in [0.1, 0.15) is 5.82 Å². The Kier molecular flexibility index (Phi) is 6.05. The van der Waals surface area contributed by atoms with Gasteiger partial charge in [0, 0.05) is 4.47 Å². The largest absolute Gasteiger partial charge is 0.322 e. The average Bonchev–Trinajstić information content (AvgIpc) is 2.30. The lowest BCUT2D eigenvalue weighted by molar-refractivity contribution is -0.117. The molecule has 0 radical (unpaired) electrons. The molecule has 0 saturated carbocycles. The third kappa shape index (κ3) is 4.23. The number of unbranched alkanes of at least 4 members (excludes halogenated alkanes) is 1. The van der Waals surface area contributed by atoms with Crippen LogP contribution in [0.4, 0.5) is 10.1 Å². The molecule has 1 amide bonds. The zero-order valence-corrected chi connectivity index (χ0v) is 12.3. The molecule has 0 aliphatic carbocycles.